The van der Waals surface area contributed by atoms with Gasteiger partial charge in [-0.3, -0.25) is 0 Å². The highest BCUT2D eigenvalue weighted by Gasteiger charge is 2.14. The molecule has 0 amide bonds. The number of hydrogen-bond acceptors (Lipinski definition) is 4. The quantitative estimate of drug-likeness (QED) is 0.682. The second kappa shape index (κ2) is 8.95. The summed E-state index contributed by atoms with van der Waals surface area (Å²) in [5.74, 6) is 0.834. The number of ether oxygens (including phenoxy) is 2. The van der Waals surface area contributed by atoms with Gasteiger partial charge in [-0.2, -0.15) is 0 Å². The third-order valence-electron chi connectivity index (χ3n) is 3.32. The fraction of sp³-hybridized carbons (Fsp3) is 0.625. The lowest BCUT2D eigenvalue weighted by atomic mass is 9.97. The zero-order valence-electron chi connectivity index (χ0n) is 13.0. The van der Waals surface area contributed by atoms with Crippen LogP contribution in [0.15, 0.2) is 12.1 Å². The second-order valence-corrected chi connectivity index (χ2v) is 4.95. The van der Waals surface area contributed by atoms with Gasteiger partial charge in [0.15, 0.2) is 0 Å². The van der Waals surface area contributed by atoms with Crippen LogP contribution in [0.2, 0.25) is 0 Å². The van der Waals surface area contributed by atoms with Crippen LogP contribution in [0.3, 0.4) is 0 Å². The molecule has 1 aromatic rings. The Morgan fingerprint density at radius 1 is 1.25 bits per heavy atom. The summed E-state index contributed by atoms with van der Waals surface area (Å²) in [5.41, 5.74) is 3.11. The molecule has 114 valence electrons. The molecule has 1 rings (SSSR count). The minimum Gasteiger partial charge on any atom is -0.497 e. The lowest BCUT2D eigenvalue weighted by Crippen LogP contribution is -2.24. The van der Waals surface area contributed by atoms with Crippen LogP contribution < -0.4 is 10.1 Å². The van der Waals surface area contributed by atoms with Gasteiger partial charge in [0, 0.05) is 19.8 Å². The molecule has 0 saturated carbocycles. The van der Waals surface area contributed by atoms with E-state index < -0.39 is 6.10 Å². The summed E-state index contributed by atoms with van der Waals surface area (Å²) in [6.45, 7) is 8.93. The minimum atomic E-state index is -0.493. The number of aliphatic hydroxyl groups is 1. The first-order chi connectivity index (χ1) is 9.60. The molecule has 4 nitrogen and oxygen atoms in total. The van der Waals surface area contributed by atoms with Crippen LogP contribution in [0.4, 0.5) is 0 Å². The summed E-state index contributed by atoms with van der Waals surface area (Å²) >= 11 is 0. The van der Waals surface area contributed by atoms with Crippen molar-refractivity contribution in [2.75, 3.05) is 33.4 Å². The van der Waals surface area contributed by atoms with Crippen molar-refractivity contribution >= 4 is 0 Å². The largest absolute Gasteiger partial charge is 0.497 e. The fourth-order valence-electron chi connectivity index (χ4n) is 2.36. The van der Waals surface area contributed by atoms with Gasteiger partial charge in [0.25, 0.3) is 0 Å². The first-order valence-electron chi connectivity index (χ1n) is 7.21. The molecule has 0 aromatic heterocycles. The predicted molar refractivity (Wildman–Crippen MR) is 81.4 cm³/mol. The smallest absolute Gasteiger partial charge is 0.119 e. The topological polar surface area (TPSA) is 50.7 Å². The normalized spacial score (nSPS) is 12.4. The third kappa shape index (κ3) is 5.12. The van der Waals surface area contributed by atoms with Gasteiger partial charge in [0.1, 0.15) is 5.75 Å². The standard InChI is InChI=1S/C16H27NO3/c1-5-20-8-6-7-17-11-15(18)16-12(2)9-14(19-4)10-13(16)3/h9-10,15,17-18H,5-8,11H2,1-4H3. The number of hydrogen-bond donors (Lipinski definition) is 2. The van der Waals surface area contributed by atoms with E-state index in [0.717, 1.165) is 48.6 Å². The van der Waals surface area contributed by atoms with Crippen molar-refractivity contribution in [1.29, 1.82) is 0 Å². The maximum absolute atomic E-state index is 10.3. The molecule has 0 aliphatic heterocycles. The Labute approximate surface area is 122 Å². The Bertz CT molecular complexity index is 384. The Morgan fingerprint density at radius 2 is 1.90 bits per heavy atom. The molecule has 0 heterocycles. The Morgan fingerprint density at radius 3 is 2.45 bits per heavy atom. The summed E-state index contributed by atoms with van der Waals surface area (Å²) in [7, 11) is 1.66. The van der Waals surface area contributed by atoms with E-state index in [9.17, 15) is 5.11 Å². The van der Waals surface area contributed by atoms with Crippen molar-refractivity contribution in [1.82, 2.24) is 5.32 Å². The van der Waals surface area contributed by atoms with E-state index in [1.165, 1.54) is 0 Å². The molecule has 2 N–H and O–H groups in total. The van der Waals surface area contributed by atoms with Crippen LogP contribution in [-0.2, 0) is 4.74 Å². The van der Waals surface area contributed by atoms with E-state index in [1.807, 2.05) is 32.9 Å². The predicted octanol–water partition coefficient (Wildman–Crippen LogP) is 2.36. The number of nitrogens with one attached hydrogen (secondary N) is 1. The van der Waals surface area contributed by atoms with Gasteiger partial charge < -0.3 is 19.9 Å². The van der Waals surface area contributed by atoms with Crippen LogP contribution in [0, 0.1) is 13.8 Å². The van der Waals surface area contributed by atoms with Crippen molar-refractivity contribution in [2.24, 2.45) is 0 Å². The molecule has 0 bridgehead atoms. The number of aryl methyl sites for hydroxylation is 2. The highest BCUT2D eigenvalue weighted by atomic mass is 16.5. The highest BCUT2D eigenvalue weighted by Crippen LogP contribution is 2.26. The summed E-state index contributed by atoms with van der Waals surface area (Å²) in [4.78, 5) is 0. The minimum absolute atomic E-state index is 0.493. The molecule has 0 aliphatic rings. The van der Waals surface area contributed by atoms with Gasteiger partial charge in [-0.05, 0) is 62.6 Å². The summed E-state index contributed by atoms with van der Waals surface area (Å²) < 4.78 is 10.5. The second-order valence-electron chi connectivity index (χ2n) is 4.95. The highest BCUT2D eigenvalue weighted by molar-refractivity contribution is 5.42. The zero-order valence-corrected chi connectivity index (χ0v) is 13.0. The number of methoxy groups -OCH3 is 1. The average Bonchev–Trinajstić information content (AvgIpc) is 2.41. The molecule has 0 fully saturated rings. The van der Waals surface area contributed by atoms with E-state index in [4.69, 9.17) is 9.47 Å². The lowest BCUT2D eigenvalue weighted by molar-refractivity contribution is 0.140. The molecular formula is C16H27NO3. The van der Waals surface area contributed by atoms with E-state index >= 15 is 0 Å². The van der Waals surface area contributed by atoms with Crippen molar-refractivity contribution in [3.8, 4) is 5.75 Å². The maximum atomic E-state index is 10.3. The fourth-order valence-corrected chi connectivity index (χ4v) is 2.36. The van der Waals surface area contributed by atoms with Crippen molar-refractivity contribution in [2.45, 2.75) is 33.3 Å². The van der Waals surface area contributed by atoms with Gasteiger partial charge in [-0.15, -0.1) is 0 Å². The van der Waals surface area contributed by atoms with E-state index in [-0.39, 0.29) is 0 Å². The zero-order chi connectivity index (χ0) is 15.0. The SMILES string of the molecule is CCOCCCNCC(O)c1c(C)cc(OC)cc1C. The lowest BCUT2D eigenvalue weighted by Gasteiger charge is -2.18. The van der Waals surface area contributed by atoms with E-state index in [0.29, 0.717) is 6.54 Å². The Balaban J connectivity index is 2.49. The first-order valence-corrected chi connectivity index (χ1v) is 7.21. The van der Waals surface area contributed by atoms with Gasteiger partial charge in [-0.1, -0.05) is 0 Å². The maximum Gasteiger partial charge on any atom is 0.119 e. The van der Waals surface area contributed by atoms with E-state index in [2.05, 4.69) is 5.32 Å². The molecule has 20 heavy (non-hydrogen) atoms. The molecule has 0 aliphatic carbocycles. The molecule has 1 aromatic carbocycles. The molecule has 1 atom stereocenters. The van der Waals surface area contributed by atoms with Crippen LogP contribution in [0.25, 0.3) is 0 Å². The summed E-state index contributed by atoms with van der Waals surface area (Å²) in [6, 6.07) is 3.92. The molecule has 0 radical (unpaired) electrons. The molecule has 0 saturated heterocycles. The van der Waals surface area contributed by atoms with Crippen molar-refractivity contribution < 1.29 is 14.6 Å². The van der Waals surface area contributed by atoms with Crippen LogP contribution in [0.5, 0.6) is 5.75 Å². The van der Waals surface area contributed by atoms with Gasteiger partial charge in [-0.25, -0.2) is 0 Å². The Hall–Kier alpha value is -1.10. The third-order valence-corrected chi connectivity index (χ3v) is 3.32. The monoisotopic (exact) mass is 281 g/mol. The number of rotatable bonds is 9. The van der Waals surface area contributed by atoms with Gasteiger partial charge in [0.05, 0.1) is 13.2 Å². The molecule has 4 heteroatoms. The Kier molecular flexibility index (Phi) is 7.59. The van der Waals surface area contributed by atoms with Crippen LogP contribution in [0.1, 0.15) is 36.1 Å². The van der Waals surface area contributed by atoms with Gasteiger partial charge in [0.2, 0.25) is 0 Å². The molecule has 0 spiro atoms. The van der Waals surface area contributed by atoms with Crippen molar-refractivity contribution in [3.63, 3.8) is 0 Å². The molecular weight excluding hydrogens is 254 g/mol. The van der Waals surface area contributed by atoms with Gasteiger partial charge >= 0.3 is 0 Å². The average molecular weight is 281 g/mol. The number of benzene rings is 1. The van der Waals surface area contributed by atoms with E-state index in [1.54, 1.807) is 7.11 Å². The number of aliphatic hydroxyl groups excluding tert-OH is 1. The van der Waals surface area contributed by atoms with Crippen LogP contribution >= 0.6 is 0 Å². The summed E-state index contributed by atoms with van der Waals surface area (Å²) in [5, 5.41) is 13.6. The molecule has 1 unspecified atom stereocenters. The van der Waals surface area contributed by atoms with Crippen LogP contribution in [-0.4, -0.2) is 38.5 Å². The summed E-state index contributed by atoms with van der Waals surface area (Å²) in [6.07, 6.45) is 0.467. The van der Waals surface area contributed by atoms with Crippen molar-refractivity contribution in [3.05, 3.63) is 28.8 Å². The first kappa shape index (κ1) is 17.0.